The van der Waals surface area contributed by atoms with E-state index >= 15 is 0 Å². The van der Waals surface area contributed by atoms with Crippen LogP contribution in [-0.2, 0) is 22.4 Å². The van der Waals surface area contributed by atoms with E-state index in [0.29, 0.717) is 10.6 Å². The second-order valence-corrected chi connectivity index (χ2v) is 9.19. The first-order valence-electron chi connectivity index (χ1n) is 10.1. The van der Waals surface area contributed by atoms with Crippen LogP contribution < -0.4 is 5.32 Å². The minimum Gasteiger partial charge on any atom is -0.462 e. The molecule has 0 aliphatic carbocycles. The number of thiazole rings is 1. The van der Waals surface area contributed by atoms with E-state index in [1.807, 2.05) is 22.9 Å². The lowest BCUT2D eigenvalue weighted by molar-refractivity contribution is -0.115. The van der Waals surface area contributed by atoms with Gasteiger partial charge in [-0.2, -0.15) is 0 Å². The van der Waals surface area contributed by atoms with Crippen molar-refractivity contribution in [2.75, 3.05) is 11.9 Å². The van der Waals surface area contributed by atoms with Gasteiger partial charge >= 0.3 is 5.97 Å². The molecule has 4 rings (SSSR count). The second-order valence-electron chi connectivity index (χ2n) is 7.10. The van der Waals surface area contributed by atoms with Gasteiger partial charge in [-0.1, -0.05) is 31.2 Å². The van der Waals surface area contributed by atoms with E-state index in [4.69, 9.17) is 9.72 Å². The third kappa shape index (κ3) is 4.55. The molecule has 3 aromatic heterocycles. The monoisotopic (exact) mass is 453 g/mol. The lowest BCUT2D eigenvalue weighted by Crippen LogP contribution is -2.16. The topological polar surface area (TPSA) is 72.7 Å². The zero-order chi connectivity index (χ0) is 22.0. The maximum Gasteiger partial charge on any atom is 0.341 e. The molecule has 1 N–H and O–H groups in total. The highest BCUT2D eigenvalue weighted by Crippen LogP contribution is 2.29. The Balaban J connectivity index is 1.52. The number of hydrogen-bond acceptors (Lipinski definition) is 6. The van der Waals surface area contributed by atoms with Crippen LogP contribution in [0.15, 0.2) is 41.9 Å². The Morgan fingerprint density at radius 2 is 1.97 bits per heavy atom. The number of carbonyl (C=O) groups is 2. The number of amides is 1. The van der Waals surface area contributed by atoms with Crippen molar-refractivity contribution in [3.05, 3.63) is 63.6 Å². The Hall–Kier alpha value is -2.97. The molecule has 1 aromatic carbocycles. The van der Waals surface area contributed by atoms with Gasteiger partial charge in [0.25, 0.3) is 0 Å². The molecule has 1 amide bonds. The largest absolute Gasteiger partial charge is 0.462 e. The molecule has 0 spiro atoms. The van der Waals surface area contributed by atoms with Gasteiger partial charge in [-0.05, 0) is 31.9 Å². The van der Waals surface area contributed by atoms with Gasteiger partial charge in [0.1, 0.15) is 5.00 Å². The number of aromatic nitrogens is 2. The molecule has 0 saturated heterocycles. The lowest BCUT2D eigenvalue weighted by Gasteiger charge is -2.06. The number of nitrogens with one attached hydrogen (secondary N) is 1. The van der Waals surface area contributed by atoms with Crippen LogP contribution in [0.3, 0.4) is 0 Å². The number of aryl methyl sites for hydroxylation is 2. The van der Waals surface area contributed by atoms with Crippen LogP contribution in [0.5, 0.6) is 0 Å². The predicted molar refractivity (Wildman–Crippen MR) is 125 cm³/mol. The van der Waals surface area contributed by atoms with E-state index < -0.39 is 5.97 Å². The van der Waals surface area contributed by atoms with Crippen molar-refractivity contribution >= 4 is 44.5 Å². The Morgan fingerprint density at radius 3 is 2.68 bits per heavy atom. The number of fused-ring (bicyclic) bond motifs is 1. The van der Waals surface area contributed by atoms with Crippen molar-refractivity contribution < 1.29 is 14.3 Å². The summed E-state index contributed by atoms with van der Waals surface area (Å²) < 4.78 is 7.05. The predicted octanol–water partition coefficient (Wildman–Crippen LogP) is 5.35. The molecule has 4 aromatic rings. The van der Waals surface area contributed by atoms with Gasteiger partial charge in [0.05, 0.1) is 24.3 Å². The summed E-state index contributed by atoms with van der Waals surface area (Å²) in [6.07, 6.45) is 3.15. The van der Waals surface area contributed by atoms with Gasteiger partial charge in [-0.25, -0.2) is 9.78 Å². The first-order chi connectivity index (χ1) is 15.0. The molecule has 0 bridgehead atoms. The number of hydrogen-bond donors (Lipinski definition) is 1. The van der Waals surface area contributed by atoms with Crippen LogP contribution in [-0.4, -0.2) is 27.9 Å². The number of benzene rings is 1. The van der Waals surface area contributed by atoms with E-state index in [2.05, 4.69) is 36.5 Å². The molecule has 6 nitrogen and oxygen atoms in total. The average Bonchev–Trinajstić information content (AvgIpc) is 3.44. The van der Waals surface area contributed by atoms with Crippen LogP contribution in [0.1, 0.15) is 40.3 Å². The molecular weight excluding hydrogens is 430 g/mol. The molecule has 0 atom stereocenters. The van der Waals surface area contributed by atoms with Crippen molar-refractivity contribution in [2.24, 2.45) is 0 Å². The number of carbonyl (C=O) groups excluding carboxylic acids is 2. The van der Waals surface area contributed by atoms with Crippen LogP contribution in [0, 0.1) is 6.92 Å². The van der Waals surface area contributed by atoms with Crippen LogP contribution in [0.4, 0.5) is 5.00 Å². The normalized spacial score (nSPS) is 11.1. The SMILES string of the molecule is CCOC(=O)c1cc(C)sc1NC(=O)Cc1csc2nc(-c3ccc(CC)cc3)cn12. The summed E-state index contributed by atoms with van der Waals surface area (Å²) in [5, 5.41) is 5.34. The smallest absolute Gasteiger partial charge is 0.341 e. The summed E-state index contributed by atoms with van der Waals surface area (Å²) in [6, 6.07) is 10.1. The fourth-order valence-electron chi connectivity index (χ4n) is 3.31. The molecule has 0 aliphatic rings. The number of esters is 1. The molecule has 160 valence electrons. The van der Waals surface area contributed by atoms with Crippen molar-refractivity contribution in [1.29, 1.82) is 0 Å². The third-order valence-corrected chi connectivity index (χ3v) is 6.74. The van der Waals surface area contributed by atoms with Crippen molar-refractivity contribution in [1.82, 2.24) is 9.38 Å². The van der Waals surface area contributed by atoms with Gasteiger partial charge in [-0.3, -0.25) is 9.20 Å². The molecule has 0 saturated carbocycles. The summed E-state index contributed by atoms with van der Waals surface area (Å²) in [5.41, 5.74) is 4.47. The van der Waals surface area contributed by atoms with E-state index in [1.54, 1.807) is 13.0 Å². The first kappa shape index (κ1) is 21.3. The van der Waals surface area contributed by atoms with E-state index in [9.17, 15) is 9.59 Å². The minimum absolute atomic E-state index is 0.184. The first-order valence-corrected chi connectivity index (χ1v) is 11.8. The fraction of sp³-hybridized carbons (Fsp3) is 0.261. The summed E-state index contributed by atoms with van der Waals surface area (Å²) in [6.45, 7) is 6.07. The van der Waals surface area contributed by atoms with E-state index in [1.165, 1.54) is 28.2 Å². The van der Waals surface area contributed by atoms with Gasteiger partial charge in [0, 0.05) is 27.7 Å². The van der Waals surface area contributed by atoms with Crippen molar-refractivity contribution in [3.8, 4) is 11.3 Å². The maximum atomic E-state index is 12.7. The average molecular weight is 454 g/mol. The highest BCUT2D eigenvalue weighted by atomic mass is 32.1. The number of imidazole rings is 1. The van der Waals surface area contributed by atoms with Crippen LogP contribution in [0.25, 0.3) is 16.2 Å². The molecule has 3 heterocycles. The zero-order valence-electron chi connectivity index (χ0n) is 17.6. The summed E-state index contributed by atoms with van der Waals surface area (Å²) in [4.78, 5) is 31.4. The van der Waals surface area contributed by atoms with Gasteiger partial charge in [0.15, 0.2) is 4.96 Å². The highest BCUT2D eigenvalue weighted by Gasteiger charge is 2.19. The highest BCUT2D eigenvalue weighted by molar-refractivity contribution is 7.16. The molecule has 0 fully saturated rings. The van der Waals surface area contributed by atoms with Gasteiger partial charge in [-0.15, -0.1) is 22.7 Å². The van der Waals surface area contributed by atoms with Crippen molar-refractivity contribution in [2.45, 2.75) is 33.6 Å². The number of nitrogens with zero attached hydrogens (tertiary/aromatic N) is 2. The molecule has 31 heavy (non-hydrogen) atoms. The molecule has 0 aliphatic heterocycles. The zero-order valence-corrected chi connectivity index (χ0v) is 19.2. The Kier molecular flexibility index (Phi) is 6.20. The summed E-state index contributed by atoms with van der Waals surface area (Å²) in [7, 11) is 0. The molecule has 0 unspecified atom stereocenters. The van der Waals surface area contributed by atoms with E-state index in [0.717, 1.165) is 33.2 Å². The van der Waals surface area contributed by atoms with E-state index in [-0.39, 0.29) is 18.9 Å². The molecule has 0 radical (unpaired) electrons. The number of thiophene rings is 1. The number of ether oxygens (including phenoxy) is 1. The lowest BCUT2D eigenvalue weighted by atomic mass is 10.1. The quantitative estimate of drug-likeness (QED) is 0.383. The van der Waals surface area contributed by atoms with Crippen molar-refractivity contribution in [3.63, 3.8) is 0 Å². The maximum absolute atomic E-state index is 12.7. The standard InChI is InChI=1S/C23H23N3O3S2/c1-4-15-6-8-16(9-7-15)19-12-26-17(13-30-23(26)24-19)11-20(27)25-21-18(10-14(3)31-21)22(28)29-5-2/h6-10,12-13H,4-5,11H2,1-3H3,(H,25,27). The van der Waals surface area contributed by atoms with Gasteiger partial charge in [0.2, 0.25) is 5.91 Å². The fourth-order valence-corrected chi connectivity index (χ4v) is 5.10. The van der Waals surface area contributed by atoms with Crippen LogP contribution in [0.2, 0.25) is 0 Å². The molecule has 8 heteroatoms. The summed E-state index contributed by atoms with van der Waals surface area (Å²) in [5.74, 6) is -0.608. The van der Waals surface area contributed by atoms with Crippen LogP contribution >= 0.6 is 22.7 Å². The Bertz CT molecular complexity index is 1230. The molecular formula is C23H23N3O3S2. The number of anilines is 1. The Morgan fingerprint density at radius 1 is 1.19 bits per heavy atom. The minimum atomic E-state index is -0.423. The number of rotatable bonds is 7. The summed E-state index contributed by atoms with van der Waals surface area (Å²) >= 11 is 2.87. The van der Waals surface area contributed by atoms with Gasteiger partial charge < -0.3 is 10.1 Å². The second kappa shape index (κ2) is 9.03. The third-order valence-electron chi connectivity index (χ3n) is 4.89. The Labute approximate surface area is 188 Å².